The fourth-order valence-corrected chi connectivity index (χ4v) is 2.45. The van der Waals surface area contributed by atoms with E-state index in [0.717, 1.165) is 12.5 Å². The van der Waals surface area contributed by atoms with Crippen LogP contribution in [-0.4, -0.2) is 42.5 Å². The Morgan fingerprint density at radius 1 is 1.35 bits per heavy atom. The van der Waals surface area contributed by atoms with Gasteiger partial charge >= 0.3 is 6.01 Å². The standard InChI is InChI=1S/C14H24N4O2/c1-10(11-3-4-11)18(7-8-19-2)14-17-16-13(20-14)9-15-12-5-6-12/h10-12,15H,3-9H2,1-2H3. The summed E-state index contributed by atoms with van der Waals surface area (Å²) in [6.07, 6.45) is 5.13. The molecule has 2 aliphatic carbocycles. The van der Waals surface area contributed by atoms with Crippen LogP contribution < -0.4 is 10.2 Å². The zero-order valence-electron chi connectivity index (χ0n) is 12.3. The normalized spacial score (nSPS) is 20.1. The summed E-state index contributed by atoms with van der Waals surface area (Å²) in [6.45, 7) is 4.38. The smallest absolute Gasteiger partial charge is 0.318 e. The molecule has 112 valence electrons. The number of nitrogens with zero attached hydrogens (tertiary/aromatic N) is 3. The summed E-state index contributed by atoms with van der Waals surface area (Å²) in [4.78, 5) is 2.19. The molecule has 2 fully saturated rings. The van der Waals surface area contributed by atoms with E-state index in [1.54, 1.807) is 7.11 Å². The second-order valence-electron chi connectivity index (χ2n) is 5.90. The number of rotatable bonds is 9. The molecule has 1 aromatic rings. The summed E-state index contributed by atoms with van der Waals surface area (Å²) < 4.78 is 11.0. The Morgan fingerprint density at radius 3 is 2.80 bits per heavy atom. The molecule has 3 rings (SSSR count). The third-order valence-corrected chi connectivity index (χ3v) is 4.15. The van der Waals surface area contributed by atoms with E-state index in [2.05, 4.69) is 27.3 Å². The van der Waals surface area contributed by atoms with Crippen molar-refractivity contribution in [2.24, 2.45) is 5.92 Å². The van der Waals surface area contributed by atoms with Crippen LogP contribution >= 0.6 is 0 Å². The van der Waals surface area contributed by atoms with Crippen LogP contribution in [0.4, 0.5) is 6.01 Å². The highest BCUT2D eigenvalue weighted by atomic mass is 16.5. The van der Waals surface area contributed by atoms with E-state index in [4.69, 9.17) is 9.15 Å². The van der Waals surface area contributed by atoms with Gasteiger partial charge in [-0.2, -0.15) is 0 Å². The maximum atomic E-state index is 5.81. The summed E-state index contributed by atoms with van der Waals surface area (Å²) in [6, 6.07) is 1.73. The minimum absolute atomic E-state index is 0.440. The van der Waals surface area contributed by atoms with Crippen LogP contribution in [0, 0.1) is 5.92 Å². The second-order valence-corrected chi connectivity index (χ2v) is 5.90. The quantitative estimate of drug-likeness (QED) is 0.741. The maximum Gasteiger partial charge on any atom is 0.318 e. The Kier molecular flexibility index (Phi) is 4.21. The minimum Gasteiger partial charge on any atom is -0.407 e. The second kappa shape index (κ2) is 6.10. The minimum atomic E-state index is 0.440. The summed E-state index contributed by atoms with van der Waals surface area (Å²) in [5.41, 5.74) is 0. The highest BCUT2D eigenvalue weighted by Gasteiger charge is 2.34. The fourth-order valence-electron chi connectivity index (χ4n) is 2.45. The lowest BCUT2D eigenvalue weighted by molar-refractivity contribution is 0.201. The summed E-state index contributed by atoms with van der Waals surface area (Å²) >= 11 is 0. The molecule has 0 bridgehead atoms. The number of aromatic nitrogens is 2. The molecule has 0 aromatic carbocycles. The van der Waals surface area contributed by atoms with E-state index in [1.165, 1.54) is 25.7 Å². The lowest BCUT2D eigenvalue weighted by Crippen LogP contribution is -2.37. The van der Waals surface area contributed by atoms with Crippen molar-refractivity contribution in [3.05, 3.63) is 5.89 Å². The predicted octanol–water partition coefficient (Wildman–Crippen LogP) is 1.57. The zero-order chi connectivity index (χ0) is 13.9. The first kappa shape index (κ1) is 13.8. The Balaban J connectivity index is 1.61. The van der Waals surface area contributed by atoms with Gasteiger partial charge < -0.3 is 19.4 Å². The molecule has 20 heavy (non-hydrogen) atoms. The van der Waals surface area contributed by atoms with Crippen molar-refractivity contribution >= 4 is 6.01 Å². The van der Waals surface area contributed by atoms with Crippen LogP contribution in [0.1, 0.15) is 38.5 Å². The third kappa shape index (κ3) is 3.49. The van der Waals surface area contributed by atoms with Crippen molar-refractivity contribution in [3.8, 4) is 0 Å². The van der Waals surface area contributed by atoms with Crippen LogP contribution in [0.15, 0.2) is 4.42 Å². The maximum absolute atomic E-state index is 5.81. The third-order valence-electron chi connectivity index (χ3n) is 4.15. The Hall–Kier alpha value is -1.14. The van der Waals surface area contributed by atoms with Gasteiger partial charge in [0.15, 0.2) is 0 Å². The van der Waals surface area contributed by atoms with Gasteiger partial charge in [0.1, 0.15) is 0 Å². The highest BCUT2D eigenvalue weighted by molar-refractivity contribution is 5.27. The van der Waals surface area contributed by atoms with Gasteiger partial charge in [0, 0.05) is 25.7 Å². The molecule has 0 radical (unpaired) electrons. The molecule has 1 N–H and O–H groups in total. The van der Waals surface area contributed by atoms with Crippen molar-refractivity contribution in [1.82, 2.24) is 15.5 Å². The first-order valence-electron chi connectivity index (χ1n) is 7.59. The number of hydrogen-bond acceptors (Lipinski definition) is 6. The van der Waals surface area contributed by atoms with Gasteiger partial charge in [0.05, 0.1) is 13.2 Å². The van der Waals surface area contributed by atoms with Crippen molar-refractivity contribution in [3.63, 3.8) is 0 Å². The van der Waals surface area contributed by atoms with E-state index in [9.17, 15) is 0 Å². The number of nitrogens with one attached hydrogen (secondary N) is 1. The van der Waals surface area contributed by atoms with Crippen LogP contribution in [-0.2, 0) is 11.3 Å². The van der Waals surface area contributed by atoms with E-state index in [-0.39, 0.29) is 0 Å². The highest BCUT2D eigenvalue weighted by Crippen LogP contribution is 2.36. The van der Waals surface area contributed by atoms with Gasteiger partial charge in [-0.1, -0.05) is 5.10 Å². The molecule has 0 aliphatic heterocycles. The molecule has 0 spiro atoms. The van der Waals surface area contributed by atoms with E-state index in [1.807, 2.05) is 0 Å². The molecule has 2 aliphatic rings. The van der Waals surface area contributed by atoms with Gasteiger partial charge in [0.25, 0.3) is 0 Å². The first-order chi connectivity index (χ1) is 9.78. The summed E-state index contributed by atoms with van der Waals surface area (Å²) in [5, 5.41) is 11.8. The molecular formula is C14H24N4O2. The van der Waals surface area contributed by atoms with E-state index in [0.29, 0.717) is 37.1 Å². The lowest BCUT2D eigenvalue weighted by Gasteiger charge is -2.26. The molecule has 1 atom stereocenters. The molecule has 1 heterocycles. The largest absolute Gasteiger partial charge is 0.407 e. The van der Waals surface area contributed by atoms with Gasteiger partial charge in [-0.15, -0.1) is 5.10 Å². The van der Waals surface area contributed by atoms with Gasteiger partial charge in [-0.3, -0.25) is 0 Å². The molecule has 0 saturated heterocycles. The molecule has 6 nitrogen and oxygen atoms in total. The molecule has 1 unspecified atom stereocenters. The van der Waals surface area contributed by atoms with E-state index < -0.39 is 0 Å². The number of hydrogen-bond donors (Lipinski definition) is 1. The summed E-state index contributed by atoms with van der Waals surface area (Å²) in [5.74, 6) is 1.43. The topological polar surface area (TPSA) is 63.4 Å². The van der Waals surface area contributed by atoms with Crippen molar-refractivity contribution in [2.45, 2.75) is 51.2 Å². The molecule has 2 saturated carbocycles. The van der Waals surface area contributed by atoms with Gasteiger partial charge in [-0.05, 0) is 38.5 Å². The Morgan fingerprint density at radius 2 is 2.15 bits per heavy atom. The van der Waals surface area contributed by atoms with E-state index >= 15 is 0 Å². The van der Waals surface area contributed by atoms with Gasteiger partial charge in [-0.25, -0.2) is 0 Å². The fraction of sp³-hybridized carbons (Fsp3) is 0.857. The zero-order valence-corrected chi connectivity index (χ0v) is 12.3. The number of methoxy groups -OCH3 is 1. The lowest BCUT2D eigenvalue weighted by atomic mass is 10.2. The first-order valence-corrected chi connectivity index (χ1v) is 7.59. The molecule has 0 amide bonds. The average Bonchev–Trinajstić information content (AvgIpc) is 3.36. The summed E-state index contributed by atoms with van der Waals surface area (Å²) in [7, 11) is 1.72. The SMILES string of the molecule is COCCN(c1nnc(CNC2CC2)o1)C(C)C1CC1. The number of ether oxygens (including phenoxy) is 1. The van der Waals surface area contributed by atoms with Gasteiger partial charge in [0.2, 0.25) is 5.89 Å². The molecule has 1 aromatic heterocycles. The Bertz CT molecular complexity index is 429. The molecular weight excluding hydrogens is 256 g/mol. The number of anilines is 1. The van der Waals surface area contributed by atoms with Crippen LogP contribution in [0.25, 0.3) is 0 Å². The monoisotopic (exact) mass is 280 g/mol. The van der Waals surface area contributed by atoms with Crippen molar-refractivity contribution in [2.75, 3.05) is 25.2 Å². The average molecular weight is 280 g/mol. The van der Waals surface area contributed by atoms with Crippen LogP contribution in [0.2, 0.25) is 0 Å². The van der Waals surface area contributed by atoms with Crippen molar-refractivity contribution in [1.29, 1.82) is 0 Å². The molecule has 6 heteroatoms. The van der Waals surface area contributed by atoms with Crippen LogP contribution in [0.5, 0.6) is 0 Å². The van der Waals surface area contributed by atoms with Crippen LogP contribution in [0.3, 0.4) is 0 Å². The van der Waals surface area contributed by atoms with Crippen molar-refractivity contribution < 1.29 is 9.15 Å². The predicted molar refractivity (Wildman–Crippen MR) is 75.6 cm³/mol. The Labute approximate surface area is 119 Å².